The van der Waals surface area contributed by atoms with Crippen molar-refractivity contribution in [3.8, 4) is 0 Å². The first-order chi connectivity index (χ1) is 12.3. The van der Waals surface area contributed by atoms with Crippen molar-refractivity contribution in [3.05, 3.63) is 35.4 Å². The van der Waals surface area contributed by atoms with Crippen LogP contribution in [0.15, 0.2) is 24.3 Å². The molecule has 1 aliphatic heterocycles. The molecule has 138 valence electrons. The summed E-state index contributed by atoms with van der Waals surface area (Å²) in [4.78, 5) is 41.5. The van der Waals surface area contributed by atoms with Gasteiger partial charge in [0.15, 0.2) is 5.78 Å². The van der Waals surface area contributed by atoms with E-state index in [4.69, 9.17) is 0 Å². The topological polar surface area (TPSA) is 57.7 Å². The number of Topliss-reactive ketones (excluding diaryl/α,β-unsaturated/α-hetero) is 1. The Balaban J connectivity index is 1.57. The molecule has 1 saturated heterocycles. The average Bonchev–Trinajstić information content (AvgIpc) is 3.30. The summed E-state index contributed by atoms with van der Waals surface area (Å²) in [7, 11) is 1.71. The summed E-state index contributed by atoms with van der Waals surface area (Å²) in [6, 6.07) is 6.93. The quantitative estimate of drug-likeness (QED) is 0.616. The molecule has 2 bridgehead atoms. The molecule has 1 aromatic rings. The third-order valence-electron chi connectivity index (χ3n) is 6.99. The molecule has 3 amide bonds. The first kappa shape index (κ1) is 17.3. The van der Waals surface area contributed by atoms with Crippen LogP contribution in [0.1, 0.15) is 48.5 Å². The smallest absolute Gasteiger partial charge is 0.313 e. The van der Waals surface area contributed by atoms with Crippen molar-refractivity contribution in [1.82, 2.24) is 9.80 Å². The van der Waals surface area contributed by atoms with Gasteiger partial charge in [0, 0.05) is 12.6 Å². The largest absolute Gasteiger partial charge is 0.327 e. The van der Waals surface area contributed by atoms with Crippen molar-refractivity contribution in [3.63, 3.8) is 0 Å². The van der Waals surface area contributed by atoms with Crippen molar-refractivity contribution in [1.29, 1.82) is 0 Å². The van der Waals surface area contributed by atoms with Crippen LogP contribution in [0.5, 0.6) is 0 Å². The van der Waals surface area contributed by atoms with Gasteiger partial charge in [0.2, 0.25) is 0 Å². The minimum Gasteiger partial charge on any atom is -0.313 e. The molecule has 1 heterocycles. The van der Waals surface area contributed by atoms with Gasteiger partial charge in [0.25, 0.3) is 5.91 Å². The molecule has 4 rings (SSSR count). The highest BCUT2D eigenvalue weighted by molar-refractivity contribution is 6.11. The molecule has 5 heteroatoms. The number of aryl methyl sites for hydroxylation is 1. The van der Waals surface area contributed by atoms with E-state index in [1.165, 1.54) is 12.8 Å². The maximum atomic E-state index is 13.3. The van der Waals surface area contributed by atoms with Crippen molar-refractivity contribution < 1.29 is 14.4 Å². The second kappa shape index (κ2) is 5.93. The molecule has 26 heavy (non-hydrogen) atoms. The van der Waals surface area contributed by atoms with Crippen molar-refractivity contribution >= 4 is 17.7 Å². The predicted molar refractivity (Wildman–Crippen MR) is 97.7 cm³/mol. The first-order valence-corrected chi connectivity index (χ1v) is 9.52. The Bertz CT molecular complexity index is 789. The molecule has 3 aliphatic rings. The number of hydrogen-bond acceptors (Lipinski definition) is 3. The van der Waals surface area contributed by atoms with Crippen LogP contribution in [-0.2, 0) is 4.79 Å². The molecule has 3 fully saturated rings. The lowest BCUT2D eigenvalue weighted by Crippen LogP contribution is -2.53. The van der Waals surface area contributed by atoms with E-state index >= 15 is 0 Å². The van der Waals surface area contributed by atoms with Gasteiger partial charge in [0.1, 0.15) is 5.54 Å². The van der Waals surface area contributed by atoms with Crippen LogP contribution in [-0.4, -0.2) is 46.7 Å². The van der Waals surface area contributed by atoms with Crippen molar-refractivity contribution in [2.75, 3.05) is 13.6 Å². The number of hydrogen-bond donors (Lipinski definition) is 0. The zero-order valence-electron chi connectivity index (χ0n) is 15.7. The summed E-state index contributed by atoms with van der Waals surface area (Å²) >= 11 is 0. The average molecular weight is 354 g/mol. The number of benzene rings is 1. The van der Waals surface area contributed by atoms with Crippen LogP contribution >= 0.6 is 0 Å². The normalized spacial score (nSPS) is 33.4. The van der Waals surface area contributed by atoms with E-state index in [1.54, 1.807) is 24.1 Å². The van der Waals surface area contributed by atoms with Crippen molar-refractivity contribution in [2.24, 2.45) is 17.8 Å². The molecule has 0 N–H and O–H groups in total. The highest BCUT2D eigenvalue weighted by atomic mass is 16.2. The fraction of sp³-hybridized carbons (Fsp3) is 0.571. The zero-order valence-corrected chi connectivity index (χ0v) is 15.7. The lowest BCUT2D eigenvalue weighted by atomic mass is 9.74. The van der Waals surface area contributed by atoms with Gasteiger partial charge in [-0.1, -0.05) is 30.2 Å². The summed E-state index contributed by atoms with van der Waals surface area (Å²) in [5, 5.41) is 0. The fourth-order valence-electron chi connectivity index (χ4n) is 5.42. The SMILES string of the molecule is Cc1cccc(C(=O)CN2C(=O)N(C)C(C)([C@@H]3C[C@@H]4CC[C@H]3C4)C2=O)c1. The van der Waals surface area contributed by atoms with E-state index in [1.807, 2.05) is 26.0 Å². The van der Waals surface area contributed by atoms with Crippen molar-refractivity contribution in [2.45, 2.75) is 45.1 Å². The van der Waals surface area contributed by atoms with E-state index < -0.39 is 5.54 Å². The van der Waals surface area contributed by atoms with E-state index in [9.17, 15) is 14.4 Å². The van der Waals surface area contributed by atoms with Crippen LogP contribution < -0.4 is 0 Å². The third-order valence-corrected chi connectivity index (χ3v) is 6.99. The molecule has 0 spiro atoms. The monoisotopic (exact) mass is 354 g/mol. The van der Waals surface area contributed by atoms with Crippen LogP contribution in [0.4, 0.5) is 4.79 Å². The lowest BCUT2D eigenvalue weighted by molar-refractivity contribution is -0.135. The summed E-state index contributed by atoms with van der Waals surface area (Å²) in [6.07, 6.45) is 4.60. The second-order valence-electron chi connectivity index (χ2n) is 8.45. The Kier molecular flexibility index (Phi) is 3.94. The number of amides is 3. The van der Waals surface area contributed by atoms with Crippen LogP contribution in [0.25, 0.3) is 0 Å². The molecule has 1 aromatic carbocycles. The molecule has 2 aliphatic carbocycles. The van der Waals surface area contributed by atoms with Gasteiger partial charge < -0.3 is 4.90 Å². The van der Waals surface area contributed by atoms with Crippen LogP contribution in [0.3, 0.4) is 0 Å². The Morgan fingerprint density at radius 1 is 1.23 bits per heavy atom. The number of nitrogens with zero attached hydrogens (tertiary/aromatic N) is 2. The van der Waals surface area contributed by atoms with E-state index in [0.717, 1.165) is 23.3 Å². The second-order valence-corrected chi connectivity index (χ2v) is 8.45. The van der Waals surface area contributed by atoms with Gasteiger partial charge in [-0.2, -0.15) is 0 Å². The molecule has 0 aromatic heterocycles. The number of ketones is 1. The molecule has 5 nitrogen and oxygen atoms in total. The standard InChI is InChI=1S/C21H26N2O3/c1-13-5-4-6-16(9-13)18(24)12-23-19(25)21(2,22(3)20(23)26)17-11-14-7-8-15(17)10-14/h4-6,9,14-15,17H,7-8,10-12H2,1-3H3/t14-,15+,17-,21?/m1/s1. The Morgan fingerprint density at radius 2 is 2.00 bits per heavy atom. The van der Waals surface area contributed by atoms with E-state index in [0.29, 0.717) is 17.4 Å². The Hall–Kier alpha value is -2.17. The highest BCUT2D eigenvalue weighted by Gasteiger charge is 2.61. The summed E-state index contributed by atoms with van der Waals surface area (Å²) in [6.45, 7) is 3.64. The number of carbonyl (C=O) groups excluding carboxylic acids is 3. The van der Waals surface area contributed by atoms with Gasteiger partial charge in [0.05, 0.1) is 6.54 Å². The molecule has 0 radical (unpaired) electrons. The molecule has 1 unspecified atom stereocenters. The number of imide groups is 1. The molecular weight excluding hydrogens is 328 g/mol. The third kappa shape index (κ3) is 2.40. The predicted octanol–water partition coefficient (Wildman–Crippen LogP) is 3.27. The Morgan fingerprint density at radius 3 is 2.62 bits per heavy atom. The highest BCUT2D eigenvalue weighted by Crippen LogP contribution is 2.54. The van der Waals surface area contributed by atoms with Crippen LogP contribution in [0, 0.1) is 24.7 Å². The van der Waals surface area contributed by atoms with E-state index in [2.05, 4.69) is 0 Å². The number of carbonyl (C=O) groups is 3. The summed E-state index contributed by atoms with van der Waals surface area (Å²) in [5.74, 6) is 1.03. The first-order valence-electron chi connectivity index (χ1n) is 9.52. The summed E-state index contributed by atoms with van der Waals surface area (Å²) < 4.78 is 0. The summed E-state index contributed by atoms with van der Waals surface area (Å²) in [5.41, 5.74) is 0.713. The van der Waals surface area contributed by atoms with Crippen LogP contribution in [0.2, 0.25) is 0 Å². The number of rotatable bonds is 4. The molecular formula is C21H26N2O3. The van der Waals surface area contributed by atoms with Gasteiger partial charge in [-0.25, -0.2) is 4.79 Å². The minimum absolute atomic E-state index is 0.179. The van der Waals surface area contributed by atoms with Gasteiger partial charge in [-0.05, 0) is 56.9 Å². The lowest BCUT2D eigenvalue weighted by Gasteiger charge is -2.39. The Labute approximate surface area is 154 Å². The minimum atomic E-state index is -0.816. The maximum absolute atomic E-state index is 13.3. The van der Waals surface area contributed by atoms with E-state index in [-0.39, 0.29) is 30.2 Å². The fourth-order valence-corrected chi connectivity index (χ4v) is 5.42. The molecule has 2 saturated carbocycles. The van der Waals surface area contributed by atoms with Gasteiger partial charge in [-0.3, -0.25) is 14.5 Å². The number of fused-ring (bicyclic) bond motifs is 2. The van der Waals surface area contributed by atoms with Gasteiger partial charge >= 0.3 is 6.03 Å². The molecule has 4 atom stereocenters. The zero-order chi connectivity index (χ0) is 18.6. The number of likely N-dealkylation sites (N-methyl/N-ethyl adjacent to an activating group) is 1. The maximum Gasteiger partial charge on any atom is 0.327 e. The number of urea groups is 1. The van der Waals surface area contributed by atoms with Gasteiger partial charge in [-0.15, -0.1) is 0 Å².